The van der Waals surface area contributed by atoms with Crippen LogP contribution in [0.15, 0.2) is 71.7 Å². The van der Waals surface area contributed by atoms with Crippen molar-refractivity contribution in [2.75, 3.05) is 18.5 Å². The molecule has 0 saturated carbocycles. The second-order valence-corrected chi connectivity index (χ2v) is 6.88. The molecule has 0 aliphatic carbocycles. The molecule has 0 bridgehead atoms. The summed E-state index contributed by atoms with van der Waals surface area (Å²) in [7, 11) is 0. The van der Waals surface area contributed by atoms with E-state index in [0.29, 0.717) is 36.1 Å². The van der Waals surface area contributed by atoms with Gasteiger partial charge in [0.25, 0.3) is 5.91 Å². The van der Waals surface area contributed by atoms with Crippen LogP contribution in [0.1, 0.15) is 35.3 Å². The molecular weight excluding hydrogens is 433 g/mol. The van der Waals surface area contributed by atoms with E-state index >= 15 is 0 Å². The van der Waals surface area contributed by atoms with Gasteiger partial charge in [0.2, 0.25) is 0 Å². The summed E-state index contributed by atoms with van der Waals surface area (Å²) >= 11 is 0. The average Bonchev–Trinajstić information content (AvgIpc) is 2.80. The zero-order valence-corrected chi connectivity index (χ0v) is 18.1. The third-order valence-electron chi connectivity index (χ3n) is 4.55. The fraction of sp³-hybridized carbons (Fsp3) is 0.200. The molecule has 0 fully saturated rings. The second kappa shape index (κ2) is 10.7. The molecule has 0 aliphatic rings. The number of alkyl halides is 3. The summed E-state index contributed by atoms with van der Waals surface area (Å²) < 4.78 is 49.4. The lowest BCUT2D eigenvalue weighted by Gasteiger charge is -2.11. The fourth-order valence-corrected chi connectivity index (χ4v) is 2.99. The predicted octanol–water partition coefficient (Wildman–Crippen LogP) is 6.51. The number of aliphatic imine (C=N–C) groups is 1. The number of nitrogens with one attached hydrogen (secondary N) is 1. The average molecular weight is 456 g/mol. The lowest BCUT2D eigenvalue weighted by atomic mass is 10.1. The van der Waals surface area contributed by atoms with Crippen LogP contribution in [0.3, 0.4) is 0 Å². The Morgan fingerprint density at radius 3 is 2.27 bits per heavy atom. The molecule has 0 atom stereocenters. The Kier molecular flexibility index (Phi) is 7.71. The summed E-state index contributed by atoms with van der Waals surface area (Å²) in [6, 6.07) is 16.3. The third kappa shape index (κ3) is 6.35. The summed E-state index contributed by atoms with van der Waals surface area (Å²) in [5.74, 6) is 0.707. The van der Waals surface area contributed by atoms with Crippen molar-refractivity contribution in [1.29, 1.82) is 0 Å². The third-order valence-corrected chi connectivity index (χ3v) is 4.55. The number of para-hydroxylation sites is 2. The highest BCUT2D eigenvalue weighted by Crippen LogP contribution is 2.31. The van der Waals surface area contributed by atoms with E-state index in [-0.39, 0.29) is 5.56 Å². The maximum atomic E-state index is 12.7. The molecule has 0 spiro atoms. The van der Waals surface area contributed by atoms with E-state index in [0.717, 1.165) is 29.8 Å². The zero-order valence-electron chi connectivity index (χ0n) is 18.1. The molecule has 8 heteroatoms. The maximum Gasteiger partial charge on any atom is 0.416 e. The molecule has 3 aromatic rings. The largest absolute Gasteiger partial charge is 0.490 e. The standard InChI is InChI=1S/C25H23F3N2O3/c1-3-32-22-14-9-17(15-23(22)33-4-2)16-29-20-7-5-6-8-21(20)30-24(31)18-10-12-19(13-11-18)25(26,27)28/h5-16H,3-4H2,1-2H3,(H,30,31). The number of hydrogen-bond acceptors (Lipinski definition) is 4. The number of anilines is 1. The van der Waals surface area contributed by atoms with Gasteiger partial charge in [-0.2, -0.15) is 13.2 Å². The fourth-order valence-electron chi connectivity index (χ4n) is 2.99. The number of carbonyl (C=O) groups is 1. The van der Waals surface area contributed by atoms with Gasteiger partial charge < -0.3 is 14.8 Å². The van der Waals surface area contributed by atoms with Crippen LogP contribution in [-0.4, -0.2) is 25.3 Å². The monoisotopic (exact) mass is 456 g/mol. The lowest BCUT2D eigenvalue weighted by Crippen LogP contribution is -2.13. The van der Waals surface area contributed by atoms with Gasteiger partial charge in [-0.05, 0) is 74.0 Å². The Hall–Kier alpha value is -3.81. The Morgan fingerprint density at radius 2 is 1.61 bits per heavy atom. The van der Waals surface area contributed by atoms with Crippen molar-refractivity contribution >= 4 is 23.5 Å². The van der Waals surface area contributed by atoms with E-state index in [9.17, 15) is 18.0 Å². The summed E-state index contributed by atoms with van der Waals surface area (Å²) in [4.78, 5) is 17.0. The van der Waals surface area contributed by atoms with Gasteiger partial charge in [0.1, 0.15) is 0 Å². The second-order valence-electron chi connectivity index (χ2n) is 6.88. The van der Waals surface area contributed by atoms with Gasteiger partial charge >= 0.3 is 6.18 Å². The van der Waals surface area contributed by atoms with Crippen molar-refractivity contribution in [2.24, 2.45) is 4.99 Å². The molecule has 3 rings (SSSR count). The number of amides is 1. The van der Waals surface area contributed by atoms with Gasteiger partial charge in [-0.3, -0.25) is 9.79 Å². The molecule has 3 aromatic carbocycles. The molecule has 0 heterocycles. The summed E-state index contributed by atoms with van der Waals surface area (Å²) in [6.45, 7) is 4.77. The van der Waals surface area contributed by atoms with Gasteiger partial charge in [0.05, 0.1) is 30.2 Å². The number of hydrogen-bond donors (Lipinski definition) is 1. The van der Waals surface area contributed by atoms with Crippen molar-refractivity contribution in [1.82, 2.24) is 0 Å². The van der Waals surface area contributed by atoms with Gasteiger partial charge in [0.15, 0.2) is 11.5 Å². The topological polar surface area (TPSA) is 59.9 Å². The van der Waals surface area contributed by atoms with Gasteiger partial charge in [0, 0.05) is 11.8 Å². The molecule has 1 N–H and O–H groups in total. The first-order valence-electron chi connectivity index (χ1n) is 10.3. The molecule has 0 aliphatic heterocycles. The van der Waals surface area contributed by atoms with Crippen molar-refractivity contribution in [3.05, 3.63) is 83.4 Å². The Balaban J connectivity index is 1.78. The first-order chi connectivity index (χ1) is 15.8. The summed E-state index contributed by atoms with van der Waals surface area (Å²) in [6.07, 6.45) is -2.83. The van der Waals surface area contributed by atoms with Crippen LogP contribution in [-0.2, 0) is 6.18 Å². The van der Waals surface area contributed by atoms with Gasteiger partial charge in [-0.1, -0.05) is 12.1 Å². The highest BCUT2D eigenvalue weighted by atomic mass is 19.4. The zero-order chi connectivity index (χ0) is 23.8. The molecule has 0 aromatic heterocycles. The Morgan fingerprint density at radius 1 is 0.939 bits per heavy atom. The van der Waals surface area contributed by atoms with E-state index in [1.165, 1.54) is 0 Å². The SMILES string of the molecule is CCOc1ccc(C=Nc2ccccc2NC(=O)c2ccc(C(F)(F)F)cc2)cc1OCC. The molecule has 172 valence electrons. The molecule has 5 nitrogen and oxygen atoms in total. The smallest absolute Gasteiger partial charge is 0.416 e. The molecule has 1 amide bonds. The number of carbonyl (C=O) groups excluding carboxylic acids is 1. The highest BCUT2D eigenvalue weighted by Gasteiger charge is 2.30. The van der Waals surface area contributed by atoms with E-state index in [1.807, 2.05) is 19.9 Å². The van der Waals surface area contributed by atoms with Crippen LogP contribution in [0.2, 0.25) is 0 Å². The summed E-state index contributed by atoms with van der Waals surface area (Å²) in [5, 5.41) is 2.70. The lowest BCUT2D eigenvalue weighted by molar-refractivity contribution is -0.137. The van der Waals surface area contributed by atoms with Crippen molar-refractivity contribution in [3.63, 3.8) is 0 Å². The molecule has 0 radical (unpaired) electrons. The predicted molar refractivity (Wildman–Crippen MR) is 122 cm³/mol. The van der Waals surface area contributed by atoms with Crippen LogP contribution >= 0.6 is 0 Å². The van der Waals surface area contributed by atoms with Crippen LogP contribution in [0.4, 0.5) is 24.5 Å². The van der Waals surface area contributed by atoms with Crippen molar-refractivity contribution in [3.8, 4) is 11.5 Å². The van der Waals surface area contributed by atoms with Gasteiger partial charge in [-0.15, -0.1) is 0 Å². The van der Waals surface area contributed by atoms with Crippen LogP contribution < -0.4 is 14.8 Å². The minimum Gasteiger partial charge on any atom is -0.490 e. The van der Waals surface area contributed by atoms with Crippen LogP contribution in [0.5, 0.6) is 11.5 Å². The van der Waals surface area contributed by atoms with E-state index < -0.39 is 17.6 Å². The van der Waals surface area contributed by atoms with E-state index in [1.54, 1.807) is 42.6 Å². The van der Waals surface area contributed by atoms with Gasteiger partial charge in [-0.25, -0.2) is 0 Å². The Bertz CT molecular complexity index is 1130. The van der Waals surface area contributed by atoms with E-state index in [4.69, 9.17) is 9.47 Å². The van der Waals surface area contributed by atoms with Crippen molar-refractivity contribution in [2.45, 2.75) is 20.0 Å². The number of halogens is 3. The maximum absolute atomic E-state index is 12.7. The minimum atomic E-state index is -4.46. The normalized spacial score (nSPS) is 11.4. The molecular formula is C25H23F3N2O3. The summed E-state index contributed by atoms with van der Waals surface area (Å²) in [5.41, 5.74) is 0.977. The number of nitrogens with zero attached hydrogens (tertiary/aromatic N) is 1. The van der Waals surface area contributed by atoms with Crippen molar-refractivity contribution < 1.29 is 27.4 Å². The van der Waals surface area contributed by atoms with E-state index in [2.05, 4.69) is 10.3 Å². The number of ether oxygens (including phenoxy) is 2. The molecule has 0 unspecified atom stereocenters. The highest BCUT2D eigenvalue weighted by molar-refractivity contribution is 6.06. The Labute approximate surface area is 189 Å². The minimum absolute atomic E-state index is 0.106. The quantitative estimate of drug-likeness (QED) is 0.393. The molecule has 0 saturated heterocycles. The number of benzene rings is 3. The first kappa shape index (κ1) is 23.8. The number of rotatable bonds is 8. The molecule has 33 heavy (non-hydrogen) atoms. The first-order valence-corrected chi connectivity index (χ1v) is 10.3. The van der Waals surface area contributed by atoms with Crippen LogP contribution in [0.25, 0.3) is 0 Å². The van der Waals surface area contributed by atoms with Crippen LogP contribution in [0, 0.1) is 0 Å².